The van der Waals surface area contributed by atoms with Gasteiger partial charge in [-0.25, -0.2) is 9.88 Å². The van der Waals surface area contributed by atoms with Crippen molar-refractivity contribution < 1.29 is 9.59 Å². The summed E-state index contributed by atoms with van der Waals surface area (Å²) in [7, 11) is 0. The molecule has 0 radical (unpaired) electrons. The molecule has 1 aliphatic heterocycles. The summed E-state index contributed by atoms with van der Waals surface area (Å²) < 4.78 is 0.491. The second-order valence-corrected chi connectivity index (χ2v) is 7.67. The predicted molar refractivity (Wildman–Crippen MR) is 103 cm³/mol. The van der Waals surface area contributed by atoms with Crippen molar-refractivity contribution in [1.29, 1.82) is 0 Å². The first-order chi connectivity index (χ1) is 12.5. The highest BCUT2D eigenvalue weighted by atomic mass is 35.5. The summed E-state index contributed by atoms with van der Waals surface area (Å²) in [5, 5.41) is 3.23. The van der Waals surface area contributed by atoms with Gasteiger partial charge in [-0.1, -0.05) is 29.3 Å². The molecule has 7 heteroatoms. The lowest BCUT2D eigenvalue weighted by Crippen LogP contribution is -2.29. The Hall–Kier alpha value is -2.70. The monoisotopic (exact) mass is 383 g/mol. The number of hydrogen-bond donors (Lipinski definition) is 1. The van der Waals surface area contributed by atoms with Crippen LogP contribution in [0.3, 0.4) is 0 Å². The molecule has 5 nitrogen and oxygen atoms in total. The lowest BCUT2D eigenvalue weighted by Gasteiger charge is -2.13. The van der Waals surface area contributed by atoms with Gasteiger partial charge in [-0.05, 0) is 37.3 Å². The number of nitrogens with one attached hydrogen (secondary N) is 1. The zero-order valence-corrected chi connectivity index (χ0v) is 15.4. The molecule has 0 unspecified atom stereocenters. The maximum Gasteiger partial charge on any atom is 0.266 e. The van der Waals surface area contributed by atoms with Crippen LogP contribution >= 0.6 is 22.9 Å². The predicted octanol–water partition coefficient (Wildman–Crippen LogP) is 4.52. The van der Waals surface area contributed by atoms with Gasteiger partial charge >= 0.3 is 0 Å². The van der Waals surface area contributed by atoms with Crippen LogP contribution in [-0.2, 0) is 6.54 Å². The molecule has 2 heterocycles. The van der Waals surface area contributed by atoms with E-state index in [9.17, 15) is 9.59 Å². The molecule has 0 aliphatic carbocycles. The van der Waals surface area contributed by atoms with Gasteiger partial charge in [0.25, 0.3) is 11.8 Å². The highest BCUT2D eigenvalue weighted by molar-refractivity contribution is 7.15. The van der Waals surface area contributed by atoms with E-state index in [-0.39, 0.29) is 11.8 Å². The fourth-order valence-electron chi connectivity index (χ4n) is 2.83. The van der Waals surface area contributed by atoms with Crippen LogP contribution in [0.15, 0.2) is 48.7 Å². The minimum Gasteiger partial charge on any atom is -0.380 e. The highest BCUT2D eigenvalue weighted by Crippen LogP contribution is 2.30. The van der Waals surface area contributed by atoms with Crippen molar-refractivity contribution in [1.82, 2.24) is 4.98 Å². The quantitative estimate of drug-likeness (QED) is 0.673. The Balaban J connectivity index is 1.58. The summed E-state index contributed by atoms with van der Waals surface area (Å²) in [4.78, 5) is 31.6. The summed E-state index contributed by atoms with van der Waals surface area (Å²) in [6, 6.07) is 12.5. The third-order valence-electron chi connectivity index (χ3n) is 4.17. The van der Waals surface area contributed by atoms with E-state index in [0.717, 1.165) is 16.1 Å². The molecular weight excluding hydrogens is 370 g/mol. The number of carbonyl (C=O) groups is 2. The van der Waals surface area contributed by atoms with Crippen LogP contribution in [0.25, 0.3) is 0 Å². The molecule has 2 amide bonds. The second-order valence-electron chi connectivity index (χ2n) is 5.97. The molecule has 26 heavy (non-hydrogen) atoms. The van der Waals surface area contributed by atoms with Crippen molar-refractivity contribution in [3.8, 4) is 0 Å². The number of benzene rings is 2. The largest absolute Gasteiger partial charge is 0.380 e. The Morgan fingerprint density at radius 3 is 2.50 bits per heavy atom. The normalized spacial score (nSPS) is 13.2. The Kier molecular flexibility index (Phi) is 4.22. The van der Waals surface area contributed by atoms with E-state index in [4.69, 9.17) is 11.6 Å². The molecule has 1 aliphatic rings. The number of imide groups is 1. The van der Waals surface area contributed by atoms with Crippen molar-refractivity contribution in [2.24, 2.45) is 0 Å². The van der Waals surface area contributed by atoms with E-state index < -0.39 is 0 Å². The highest BCUT2D eigenvalue weighted by Gasteiger charge is 2.36. The van der Waals surface area contributed by atoms with Gasteiger partial charge in [0, 0.05) is 16.8 Å². The number of hydrogen-bond acceptors (Lipinski definition) is 5. The van der Waals surface area contributed by atoms with Crippen LogP contribution in [0.1, 0.15) is 31.2 Å². The zero-order valence-electron chi connectivity index (χ0n) is 13.8. The van der Waals surface area contributed by atoms with E-state index in [2.05, 4.69) is 10.3 Å². The smallest absolute Gasteiger partial charge is 0.266 e. The molecular formula is C19H14ClN3O2S. The summed E-state index contributed by atoms with van der Waals surface area (Å²) >= 11 is 7.22. The van der Waals surface area contributed by atoms with Gasteiger partial charge in [0.2, 0.25) is 0 Å². The van der Waals surface area contributed by atoms with Gasteiger partial charge in [-0.15, -0.1) is 11.3 Å². The molecule has 0 saturated carbocycles. The van der Waals surface area contributed by atoms with Crippen LogP contribution in [0.5, 0.6) is 0 Å². The number of halogens is 1. The van der Waals surface area contributed by atoms with Gasteiger partial charge < -0.3 is 5.32 Å². The molecule has 0 fully saturated rings. The number of amides is 2. The van der Waals surface area contributed by atoms with Gasteiger partial charge in [-0.2, -0.15) is 0 Å². The molecule has 1 aromatic heterocycles. The number of fused-ring (bicyclic) bond motifs is 1. The third kappa shape index (κ3) is 2.98. The summed E-state index contributed by atoms with van der Waals surface area (Å²) in [5.74, 6) is -0.604. The number of thiazole rings is 1. The van der Waals surface area contributed by atoms with Crippen LogP contribution in [0.2, 0.25) is 4.47 Å². The maximum absolute atomic E-state index is 12.8. The first kappa shape index (κ1) is 16.8. The van der Waals surface area contributed by atoms with E-state index in [1.54, 1.807) is 36.5 Å². The number of aryl methyl sites for hydroxylation is 1. The number of aromatic nitrogens is 1. The van der Waals surface area contributed by atoms with Gasteiger partial charge in [0.05, 0.1) is 23.4 Å². The SMILES string of the molecule is Cc1ccc(N2C(=O)c3ccc(NCc4cnc(Cl)s4)cc3C2=O)cc1. The topological polar surface area (TPSA) is 62.3 Å². The molecule has 3 aromatic rings. The Morgan fingerprint density at radius 1 is 1.08 bits per heavy atom. The first-order valence-electron chi connectivity index (χ1n) is 7.96. The second kappa shape index (κ2) is 6.55. The molecule has 0 bridgehead atoms. The van der Waals surface area contributed by atoms with Crippen molar-refractivity contribution in [2.45, 2.75) is 13.5 Å². The lowest BCUT2D eigenvalue weighted by molar-refractivity contribution is 0.0926. The van der Waals surface area contributed by atoms with Crippen LogP contribution < -0.4 is 10.2 Å². The number of anilines is 2. The van der Waals surface area contributed by atoms with Gasteiger partial charge in [-0.3, -0.25) is 9.59 Å². The zero-order chi connectivity index (χ0) is 18.3. The molecule has 0 spiro atoms. The molecule has 130 valence electrons. The number of carbonyl (C=O) groups excluding carboxylic acids is 2. The summed E-state index contributed by atoms with van der Waals surface area (Å²) in [5.41, 5.74) is 3.24. The third-order valence-corrected chi connectivity index (χ3v) is 5.29. The minimum absolute atomic E-state index is 0.297. The fraction of sp³-hybridized carbons (Fsp3) is 0.105. The van der Waals surface area contributed by atoms with Crippen molar-refractivity contribution in [2.75, 3.05) is 10.2 Å². The summed E-state index contributed by atoms with van der Waals surface area (Å²) in [6.07, 6.45) is 1.71. The van der Waals surface area contributed by atoms with Crippen molar-refractivity contribution >= 4 is 46.1 Å². The molecule has 1 N–H and O–H groups in total. The fourth-order valence-corrected chi connectivity index (χ4v) is 3.75. The van der Waals surface area contributed by atoms with E-state index >= 15 is 0 Å². The Morgan fingerprint density at radius 2 is 1.81 bits per heavy atom. The van der Waals surface area contributed by atoms with Crippen molar-refractivity contribution in [3.63, 3.8) is 0 Å². The lowest BCUT2D eigenvalue weighted by atomic mass is 10.1. The Bertz CT molecular complexity index is 1010. The first-order valence-corrected chi connectivity index (χ1v) is 9.16. The summed E-state index contributed by atoms with van der Waals surface area (Å²) in [6.45, 7) is 2.51. The average Bonchev–Trinajstić information content (AvgIpc) is 3.16. The molecule has 2 aromatic carbocycles. The molecule has 4 rings (SSSR count). The average molecular weight is 384 g/mol. The number of rotatable bonds is 4. The molecule has 0 atom stereocenters. The van der Waals surface area contributed by atoms with Gasteiger partial charge in [0.15, 0.2) is 4.47 Å². The number of nitrogens with zero attached hydrogens (tertiary/aromatic N) is 2. The maximum atomic E-state index is 12.8. The van der Waals surface area contributed by atoms with Crippen LogP contribution in [0.4, 0.5) is 11.4 Å². The minimum atomic E-state index is -0.307. The van der Waals surface area contributed by atoms with E-state index in [1.807, 2.05) is 19.1 Å². The van der Waals surface area contributed by atoms with Gasteiger partial charge in [0.1, 0.15) is 0 Å². The van der Waals surface area contributed by atoms with Crippen LogP contribution in [0, 0.1) is 6.92 Å². The standard InChI is InChI=1S/C19H14ClN3O2S/c1-11-2-5-13(6-3-11)23-17(24)15-7-4-12(8-16(15)18(23)25)21-9-14-10-22-19(20)26-14/h2-8,10,21H,9H2,1H3. The van der Waals surface area contributed by atoms with E-state index in [1.165, 1.54) is 16.2 Å². The Labute approximate surface area is 159 Å². The molecule has 0 saturated heterocycles. The van der Waals surface area contributed by atoms with E-state index in [0.29, 0.717) is 27.8 Å². The van der Waals surface area contributed by atoms with Crippen molar-refractivity contribution in [3.05, 3.63) is 74.7 Å². The van der Waals surface area contributed by atoms with Crippen LogP contribution in [-0.4, -0.2) is 16.8 Å².